The van der Waals surface area contributed by atoms with Crippen molar-refractivity contribution in [3.63, 3.8) is 0 Å². The van der Waals surface area contributed by atoms with Gasteiger partial charge in [-0.2, -0.15) is 0 Å². The summed E-state index contributed by atoms with van der Waals surface area (Å²) in [6, 6.07) is 0.167. The molecule has 0 bridgehead atoms. The molecule has 1 saturated carbocycles. The van der Waals surface area contributed by atoms with E-state index in [0.29, 0.717) is 12.6 Å². The molecule has 0 aromatic carbocycles. The average Bonchev–Trinajstić information content (AvgIpc) is 2.84. The van der Waals surface area contributed by atoms with Gasteiger partial charge in [-0.1, -0.05) is 12.8 Å². The van der Waals surface area contributed by atoms with Crippen LogP contribution in [0.25, 0.3) is 0 Å². The Morgan fingerprint density at radius 3 is 2.56 bits per heavy atom. The molecule has 1 atom stereocenters. The lowest BCUT2D eigenvalue weighted by Crippen LogP contribution is -2.35. The summed E-state index contributed by atoms with van der Waals surface area (Å²) in [4.78, 5) is 13.5. The standard InChI is InChI=1S/C11H20N2O2.ClH/c12-9-5-6-13(7-9)11(14)8-15-10-3-1-2-4-10;/h9-10H,1-8,12H2;1H/t9-;/m0./s1. The molecule has 0 spiro atoms. The van der Waals surface area contributed by atoms with Crippen molar-refractivity contribution >= 4 is 18.3 Å². The maximum atomic E-state index is 11.7. The van der Waals surface area contributed by atoms with E-state index in [1.165, 1.54) is 12.8 Å². The summed E-state index contributed by atoms with van der Waals surface area (Å²) in [6.45, 7) is 1.75. The van der Waals surface area contributed by atoms with Gasteiger partial charge in [0.25, 0.3) is 0 Å². The fraction of sp³-hybridized carbons (Fsp3) is 0.909. The van der Waals surface area contributed by atoms with Crippen molar-refractivity contribution in [3.8, 4) is 0 Å². The Bertz CT molecular complexity index is 232. The number of hydrogen-bond acceptors (Lipinski definition) is 3. The van der Waals surface area contributed by atoms with Gasteiger partial charge >= 0.3 is 0 Å². The first-order valence-electron chi connectivity index (χ1n) is 5.90. The first-order valence-corrected chi connectivity index (χ1v) is 5.90. The maximum Gasteiger partial charge on any atom is 0.248 e. The van der Waals surface area contributed by atoms with Crippen LogP contribution in [0.15, 0.2) is 0 Å². The van der Waals surface area contributed by atoms with Gasteiger partial charge in [0.1, 0.15) is 6.61 Å². The minimum atomic E-state index is 0. The second-order valence-corrected chi connectivity index (χ2v) is 4.61. The summed E-state index contributed by atoms with van der Waals surface area (Å²) in [7, 11) is 0. The largest absolute Gasteiger partial charge is 0.368 e. The van der Waals surface area contributed by atoms with Crippen molar-refractivity contribution in [2.75, 3.05) is 19.7 Å². The van der Waals surface area contributed by atoms with Gasteiger partial charge in [0.05, 0.1) is 6.10 Å². The molecule has 1 aliphatic carbocycles. The molecule has 0 radical (unpaired) electrons. The predicted molar refractivity (Wildman–Crippen MR) is 64.6 cm³/mol. The van der Waals surface area contributed by atoms with Crippen LogP contribution in [0.1, 0.15) is 32.1 Å². The monoisotopic (exact) mass is 248 g/mol. The molecule has 0 aromatic rings. The van der Waals surface area contributed by atoms with Crippen LogP contribution in [0, 0.1) is 0 Å². The van der Waals surface area contributed by atoms with E-state index in [2.05, 4.69) is 0 Å². The molecule has 94 valence electrons. The molecule has 4 nitrogen and oxygen atoms in total. The number of likely N-dealkylation sites (tertiary alicyclic amines) is 1. The maximum absolute atomic E-state index is 11.7. The molecule has 1 saturated heterocycles. The summed E-state index contributed by atoms with van der Waals surface area (Å²) in [6.07, 6.45) is 5.97. The van der Waals surface area contributed by atoms with Crippen molar-refractivity contribution < 1.29 is 9.53 Å². The Hall–Kier alpha value is -0.320. The van der Waals surface area contributed by atoms with Crippen LogP contribution in [0.2, 0.25) is 0 Å². The Kier molecular flexibility index (Phi) is 5.52. The van der Waals surface area contributed by atoms with Crippen molar-refractivity contribution in [1.82, 2.24) is 4.90 Å². The summed E-state index contributed by atoms with van der Waals surface area (Å²) in [5.41, 5.74) is 5.75. The molecule has 2 aliphatic rings. The molecule has 0 unspecified atom stereocenters. The highest BCUT2D eigenvalue weighted by Gasteiger charge is 2.24. The molecular weight excluding hydrogens is 228 g/mol. The number of carbonyl (C=O) groups is 1. The highest BCUT2D eigenvalue weighted by molar-refractivity contribution is 5.85. The van der Waals surface area contributed by atoms with Crippen LogP contribution < -0.4 is 5.73 Å². The summed E-state index contributed by atoms with van der Waals surface area (Å²) in [5.74, 6) is 0.106. The number of halogens is 1. The van der Waals surface area contributed by atoms with E-state index >= 15 is 0 Å². The quantitative estimate of drug-likeness (QED) is 0.808. The second-order valence-electron chi connectivity index (χ2n) is 4.61. The smallest absolute Gasteiger partial charge is 0.248 e. The predicted octanol–water partition coefficient (Wildman–Crippen LogP) is 0.927. The number of ether oxygens (including phenoxy) is 1. The fourth-order valence-corrected chi connectivity index (χ4v) is 2.35. The molecule has 1 aliphatic heterocycles. The van der Waals surface area contributed by atoms with Gasteiger partial charge in [-0.3, -0.25) is 4.79 Å². The Morgan fingerprint density at radius 2 is 2.00 bits per heavy atom. The number of rotatable bonds is 3. The van der Waals surface area contributed by atoms with E-state index < -0.39 is 0 Å². The van der Waals surface area contributed by atoms with Gasteiger partial charge in [0.2, 0.25) is 5.91 Å². The fourth-order valence-electron chi connectivity index (χ4n) is 2.35. The lowest BCUT2D eigenvalue weighted by Gasteiger charge is -2.17. The van der Waals surface area contributed by atoms with E-state index in [0.717, 1.165) is 25.8 Å². The number of carbonyl (C=O) groups excluding carboxylic acids is 1. The highest BCUT2D eigenvalue weighted by atomic mass is 35.5. The zero-order chi connectivity index (χ0) is 10.7. The minimum absolute atomic E-state index is 0. The summed E-state index contributed by atoms with van der Waals surface area (Å²) in [5, 5.41) is 0. The Labute approximate surface area is 103 Å². The molecule has 5 heteroatoms. The molecule has 1 amide bonds. The third-order valence-corrected chi connectivity index (χ3v) is 3.32. The van der Waals surface area contributed by atoms with Gasteiger partial charge in [-0.05, 0) is 19.3 Å². The van der Waals surface area contributed by atoms with Crippen molar-refractivity contribution in [2.45, 2.75) is 44.2 Å². The van der Waals surface area contributed by atoms with Gasteiger partial charge in [-0.15, -0.1) is 12.4 Å². The van der Waals surface area contributed by atoms with Crippen molar-refractivity contribution in [1.29, 1.82) is 0 Å². The van der Waals surface area contributed by atoms with E-state index in [1.807, 2.05) is 4.90 Å². The topological polar surface area (TPSA) is 55.6 Å². The molecular formula is C11H21ClN2O2. The minimum Gasteiger partial charge on any atom is -0.368 e. The number of nitrogens with zero attached hydrogens (tertiary/aromatic N) is 1. The molecule has 2 rings (SSSR count). The SMILES string of the molecule is Cl.N[C@H]1CCN(C(=O)COC2CCCC2)C1. The average molecular weight is 249 g/mol. The third-order valence-electron chi connectivity index (χ3n) is 3.32. The molecule has 2 N–H and O–H groups in total. The summed E-state index contributed by atoms with van der Waals surface area (Å²) < 4.78 is 5.58. The van der Waals surface area contributed by atoms with Gasteiger partial charge in [-0.25, -0.2) is 0 Å². The van der Waals surface area contributed by atoms with E-state index in [4.69, 9.17) is 10.5 Å². The van der Waals surface area contributed by atoms with Crippen LogP contribution in [0.3, 0.4) is 0 Å². The van der Waals surface area contributed by atoms with Crippen LogP contribution >= 0.6 is 12.4 Å². The molecule has 0 aromatic heterocycles. The Morgan fingerprint density at radius 1 is 1.31 bits per heavy atom. The van der Waals surface area contributed by atoms with Gasteiger partial charge in [0, 0.05) is 19.1 Å². The number of hydrogen-bond donors (Lipinski definition) is 1. The van der Waals surface area contributed by atoms with Gasteiger partial charge in [0.15, 0.2) is 0 Å². The van der Waals surface area contributed by atoms with Crippen LogP contribution in [0.4, 0.5) is 0 Å². The lowest BCUT2D eigenvalue weighted by atomic mass is 10.3. The second kappa shape index (κ2) is 6.42. The van der Waals surface area contributed by atoms with Crippen LogP contribution in [0.5, 0.6) is 0 Å². The first kappa shape index (κ1) is 13.7. The molecule has 1 heterocycles. The van der Waals surface area contributed by atoms with Crippen LogP contribution in [-0.4, -0.2) is 42.6 Å². The summed E-state index contributed by atoms with van der Waals surface area (Å²) >= 11 is 0. The number of amides is 1. The first-order chi connectivity index (χ1) is 7.25. The Balaban J connectivity index is 0.00000128. The number of nitrogens with two attached hydrogens (primary N) is 1. The zero-order valence-corrected chi connectivity index (χ0v) is 10.4. The van der Waals surface area contributed by atoms with E-state index in [-0.39, 0.29) is 31.0 Å². The highest BCUT2D eigenvalue weighted by Crippen LogP contribution is 2.21. The molecule has 16 heavy (non-hydrogen) atoms. The van der Waals surface area contributed by atoms with Gasteiger partial charge < -0.3 is 15.4 Å². The van der Waals surface area contributed by atoms with Crippen LogP contribution in [-0.2, 0) is 9.53 Å². The van der Waals surface area contributed by atoms with E-state index in [1.54, 1.807) is 0 Å². The van der Waals surface area contributed by atoms with E-state index in [9.17, 15) is 4.79 Å². The lowest BCUT2D eigenvalue weighted by molar-refractivity contribution is -0.137. The zero-order valence-electron chi connectivity index (χ0n) is 9.56. The normalized spacial score (nSPS) is 25.8. The third kappa shape index (κ3) is 3.61. The molecule has 2 fully saturated rings. The van der Waals surface area contributed by atoms with Crippen molar-refractivity contribution in [2.24, 2.45) is 5.73 Å². The van der Waals surface area contributed by atoms with Crippen molar-refractivity contribution in [3.05, 3.63) is 0 Å².